The molecule has 4 atom stereocenters. The number of benzene rings is 1. The first-order valence-electron chi connectivity index (χ1n) is 17.4. The monoisotopic (exact) mass is 677 g/mol. The maximum atomic E-state index is 14.1. The van der Waals surface area contributed by atoms with Gasteiger partial charge < -0.3 is 28.9 Å². The highest BCUT2D eigenvalue weighted by molar-refractivity contribution is 5.92. The number of likely N-dealkylation sites (tertiary alicyclic amines) is 2. The number of aliphatic hydroxyl groups excluding tert-OH is 1. The van der Waals surface area contributed by atoms with Crippen LogP contribution < -0.4 is 4.74 Å². The normalized spacial score (nSPS) is 20.0. The van der Waals surface area contributed by atoms with Gasteiger partial charge in [-0.05, 0) is 73.7 Å². The quantitative estimate of drug-likeness (QED) is 0.276. The van der Waals surface area contributed by atoms with Crippen molar-refractivity contribution in [1.29, 1.82) is 0 Å². The first kappa shape index (κ1) is 36.1. The second kappa shape index (κ2) is 15.1. The molecule has 5 rings (SSSR count). The second-order valence-corrected chi connectivity index (χ2v) is 14.9. The van der Waals surface area contributed by atoms with Crippen LogP contribution in [-0.4, -0.2) is 91.6 Å². The van der Waals surface area contributed by atoms with Crippen molar-refractivity contribution >= 4 is 17.8 Å². The lowest BCUT2D eigenvalue weighted by molar-refractivity contribution is -0.140. The number of aliphatic hydroxyl groups is 1. The van der Waals surface area contributed by atoms with E-state index in [4.69, 9.17) is 14.0 Å². The highest BCUT2D eigenvalue weighted by Crippen LogP contribution is 2.34. The lowest BCUT2D eigenvalue weighted by Crippen LogP contribution is -2.44. The van der Waals surface area contributed by atoms with Crippen LogP contribution in [0.3, 0.4) is 0 Å². The maximum absolute atomic E-state index is 14.1. The Hall–Kier alpha value is -4.19. The number of rotatable bonds is 11. The summed E-state index contributed by atoms with van der Waals surface area (Å²) in [7, 11) is 1.90. The van der Waals surface area contributed by atoms with Crippen molar-refractivity contribution in [2.24, 2.45) is 18.9 Å². The van der Waals surface area contributed by atoms with Crippen LogP contribution in [0.5, 0.6) is 5.88 Å². The minimum Gasteiger partial charge on any atom is -0.475 e. The van der Waals surface area contributed by atoms with Gasteiger partial charge in [0.15, 0.2) is 11.5 Å². The molecule has 266 valence electrons. The number of ether oxygens (including phenoxy) is 2. The van der Waals surface area contributed by atoms with Crippen molar-refractivity contribution in [3.05, 3.63) is 53.9 Å². The summed E-state index contributed by atoms with van der Waals surface area (Å²) < 4.78 is 18.9. The first-order valence-corrected chi connectivity index (χ1v) is 17.4. The predicted octanol–water partition coefficient (Wildman–Crippen LogP) is 5.57. The molecule has 1 N–H and O–H groups in total. The Bertz CT molecular complexity index is 1580. The van der Waals surface area contributed by atoms with Gasteiger partial charge in [-0.15, -0.1) is 0 Å². The number of piperidine rings is 1. The number of aryl methyl sites for hydroxylation is 1. The number of carbonyl (C=O) groups is 3. The van der Waals surface area contributed by atoms with E-state index in [1.807, 2.05) is 83.6 Å². The molecule has 2 fully saturated rings. The summed E-state index contributed by atoms with van der Waals surface area (Å²) >= 11 is 0. The Kier molecular flexibility index (Phi) is 11.2. The molecule has 12 nitrogen and oxygen atoms in total. The first-order chi connectivity index (χ1) is 23.2. The van der Waals surface area contributed by atoms with Crippen LogP contribution in [-0.2, 0) is 21.4 Å². The lowest BCUT2D eigenvalue weighted by atomic mass is 9.89. The number of Topliss-reactive ketones (excluding diaryl/α,β-unsaturated/α-hetero) is 1. The topological polar surface area (TPSA) is 140 Å². The van der Waals surface area contributed by atoms with Crippen LogP contribution in [0.2, 0.25) is 0 Å². The highest BCUT2D eigenvalue weighted by atomic mass is 16.6. The third-order valence-electron chi connectivity index (χ3n) is 9.52. The Morgan fingerprint density at radius 2 is 1.76 bits per heavy atom. The molecule has 0 unspecified atom stereocenters. The van der Waals surface area contributed by atoms with Gasteiger partial charge in [-0.2, -0.15) is 5.10 Å². The molecule has 0 saturated carbocycles. The molecule has 4 heterocycles. The summed E-state index contributed by atoms with van der Waals surface area (Å²) in [5.74, 6) is -0.368. The van der Waals surface area contributed by atoms with Gasteiger partial charge in [0.05, 0.1) is 24.4 Å². The largest absolute Gasteiger partial charge is 0.475 e. The average Bonchev–Trinajstić information content (AvgIpc) is 3.79. The molecule has 2 amide bonds. The number of nitrogens with zero attached hydrogens (tertiary/aromatic N) is 5. The Morgan fingerprint density at radius 3 is 2.37 bits per heavy atom. The molecule has 2 aliphatic rings. The summed E-state index contributed by atoms with van der Waals surface area (Å²) in [6.45, 7) is 13.1. The van der Waals surface area contributed by atoms with Crippen molar-refractivity contribution in [2.75, 3.05) is 26.2 Å². The zero-order valence-electron chi connectivity index (χ0n) is 29.8. The molecule has 2 aromatic heterocycles. The molecule has 12 heteroatoms. The fourth-order valence-corrected chi connectivity index (χ4v) is 6.77. The SMILES string of the molecule is CC(C)[C@H](C(=O)N1C[C@H](O)C[C@H]1C(=O)C[C@@H](C)c1ccc(-c2ccnn2C)cc1)c1cc(OCC2CCN(C(=O)OC(C)(C)C)CC2)no1. The van der Waals surface area contributed by atoms with Crippen LogP contribution in [0.25, 0.3) is 11.3 Å². The molecular formula is C37H51N5O7. The molecular weight excluding hydrogens is 626 g/mol. The standard InChI is InChI=1S/C37H51N5O7/c1-23(2)34(32-20-33(39-49-32)47-22-25-13-16-41(17-14-25)36(46)48-37(4,5)6)35(45)42-21-28(43)19-30(42)31(44)18-24(3)26-8-10-27(11-9-26)29-12-15-38-40(29)7/h8-12,15,20,23-25,28,30,34,43H,13-14,16-19,21-22H2,1-7H3/t24-,28-,30+,34+/m1/s1. The van der Waals surface area contributed by atoms with Gasteiger partial charge in [0, 0.05) is 51.8 Å². The number of amides is 2. The smallest absolute Gasteiger partial charge is 0.410 e. The van der Waals surface area contributed by atoms with E-state index in [1.54, 1.807) is 17.2 Å². The summed E-state index contributed by atoms with van der Waals surface area (Å²) in [5, 5.41) is 18.9. The highest BCUT2D eigenvalue weighted by Gasteiger charge is 2.43. The van der Waals surface area contributed by atoms with Crippen molar-refractivity contribution in [3.8, 4) is 17.1 Å². The predicted molar refractivity (Wildman–Crippen MR) is 183 cm³/mol. The Labute approximate surface area is 288 Å². The fourth-order valence-electron chi connectivity index (χ4n) is 6.77. The summed E-state index contributed by atoms with van der Waals surface area (Å²) in [6.07, 6.45) is 2.68. The van der Waals surface area contributed by atoms with E-state index >= 15 is 0 Å². The van der Waals surface area contributed by atoms with Crippen LogP contribution in [0, 0.1) is 11.8 Å². The number of hydrogen-bond acceptors (Lipinski definition) is 9. The Balaban J connectivity index is 1.17. The van der Waals surface area contributed by atoms with Gasteiger partial charge in [0.25, 0.3) is 5.88 Å². The Morgan fingerprint density at radius 1 is 1.06 bits per heavy atom. The summed E-state index contributed by atoms with van der Waals surface area (Å²) in [6, 6.07) is 11.0. The number of β-amino-alcohol motifs (C(OH)–C–C–N with tert-alkyl or cyclic N) is 1. The molecule has 2 saturated heterocycles. The number of aromatic nitrogens is 3. The van der Waals surface area contributed by atoms with E-state index in [0.29, 0.717) is 31.3 Å². The van der Waals surface area contributed by atoms with Crippen molar-refractivity contribution in [1.82, 2.24) is 24.7 Å². The third kappa shape index (κ3) is 8.89. The van der Waals surface area contributed by atoms with Gasteiger partial charge in [0.1, 0.15) is 11.5 Å². The fraction of sp³-hybridized carbons (Fsp3) is 0.595. The zero-order valence-corrected chi connectivity index (χ0v) is 29.8. The molecule has 3 aromatic rings. The average molecular weight is 678 g/mol. The van der Waals surface area contributed by atoms with Gasteiger partial charge in [-0.25, -0.2) is 4.79 Å². The lowest BCUT2D eigenvalue weighted by Gasteiger charge is -2.33. The van der Waals surface area contributed by atoms with Crippen molar-refractivity contribution < 1.29 is 33.5 Å². The molecule has 0 aliphatic carbocycles. The molecule has 2 aliphatic heterocycles. The summed E-state index contributed by atoms with van der Waals surface area (Å²) in [5.41, 5.74) is 2.54. The number of hydrogen-bond donors (Lipinski definition) is 1. The van der Waals surface area contributed by atoms with E-state index in [1.165, 1.54) is 4.90 Å². The van der Waals surface area contributed by atoms with Gasteiger partial charge in [0.2, 0.25) is 5.91 Å². The zero-order chi connectivity index (χ0) is 35.5. The number of ketones is 1. The van der Waals surface area contributed by atoms with Crippen molar-refractivity contribution in [3.63, 3.8) is 0 Å². The third-order valence-corrected chi connectivity index (χ3v) is 9.52. The van der Waals surface area contributed by atoms with E-state index in [0.717, 1.165) is 29.7 Å². The van der Waals surface area contributed by atoms with Crippen molar-refractivity contribution in [2.45, 2.75) is 96.8 Å². The second-order valence-electron chi connectivity index (χ2n) is 14.9. The van der Waals surface area contributed by atoms with E-state index < -0.39 is 23.7 Å². The molecule has 0 radical (unpaired) electrons. The molecule has 1 aromatic carbocycles. The molecule has 49 heavy (non-hydrogen) atoms. The van der Waals surface area contributed by atoms with Crippen LogP contribution in [0.4, 0.5) is 4.79 Å². The van der Waals surface area contributed by atoms with E-state index in [2.05, 4.69) is 10.3 Å². The van der Waals surface area contributed by atoms with Gasteiger partial charge >= 0.3 is 6.09 Å². The van der Waals surface area contributed by atoms with Crippen LogP contribution in [0.1, 0.15) is 90.4 Å². The number of carbonyl (C=O) groups excluding carboxylic acids is 3. The summed E-state index contributed by atoms with van der Waals surface area (Å²) in [4.78, 5) is 43.4. The van der Waals surface area contributed by atoms with Gasteiger partial charge in [-0.1, -0.05) is 45.0 Å². The van der Waals surface area contributed by atoms with Crippen LogP contribution >= 0.6 is 0 Å². The van der Waals surface area contributed by atoms with E-state index in [9.17, 15) is 19.5 Å². The minimum atomic E-state index is -0.783. The van der Waals surface area contributed by atoms with Gasteiger partial charge in [-0.3, -0.25) is 14.3 Å². The van der Waals surface area contributed by atoms with E-state index in [-0.39, 0.29) is 54.9 Å². The minimum absolute atomic E-state index is 0.0674. The molecule has 0 bridgehead atoms. The maximum Gasteiger partial charge on any atom is 0.410 e. The van der Waals surface area contributed by atoms with Crippen LogP contribution in [0.15, 0.2) is 47.1 Å². The molecule has 0 spiro atoms.